The molecule has 442 valence electrons. The predicted molar refractivity (Wildman–Crippen MR) is 347 cm³/mol. The zero-order valence-corrected chi connectivity index (χ0v) is 65.6. The molecule has 0 radical (unpaired) electrons. The minimum atomic E-state index is 0. The van der Waals surface area contributed by atoms with Gasteiger partial charge in [-0.15, -0.1) is 0 Å². The SMILES string of the molecule is O=[C-]O.O=[C-]O.O=[C-]O.O=[C-]O.O=[C-]O.O=[C-]O.O=[C-]O.O=[C-]O.[Ba+2].[Ba+2].[Ba+2].[Ba+2].c1ccc(-c2c(-c3ccccc3)c(-c3ccccc3)c3c4nc5nc(nc6[nH]c(nc7nc(nc([nH]4)c3c2-c2ccccc2)-c2ccccc2-7)c2ccccc62)-c2ccccc2-5)cc1. The Morgan fingerprint density at radius 3 is 0.663 bits per heavy atom. The third kappa shape index (κ3) is 21.4. The number of H-pyrrole nitrogens is 2. The van der Waals surface area contributed by atoms with Crippen LogP contribution >= 0.6 is 0 Å². The van der Waals surface area contributed by atoms with Gasteiger partial charge in [0, 0.05) is 54.9 Å². The first-order chi connectivity index (χ1) is 43.1. The van der Waals surface area contributed by atoms with Crippen LogP contribution in [0.25, 0.3) is 134 Å². The normalized spacial score (nSPS) is 9.22. The van der Waals surface area contributed by atoms with Crippen LogP contribution in [0.4, 0.5) is 0 Å². The first-order valence-corrected chi connectivity index (χ1v) is 24.7. The van der Waals surface area contributed by atoms with Crippen molar-refractivity contribution < 1.29 is 79.2 Å². The van der Waals surface area contributed by atoms with E-state index in [1.807, 2.05) is 36.4 Å². The average Bonchev–Trinajstić information content (AvgIpc) is 1.39. The van der Waals surface area contributed by atoms with E-state index >= 15 is 0 Å². The molecule has 28 heteroatoms. The van der Waals surface area contributed by atoms with Crippen molar-refractivity contribution in [1.29, 1.82) is 0 Å². The van der Waals surface area contributed by atoms with E-state index in [0.29, 0.717) is 97.7 Å². The molecule has 0 saturated carbocycles. The summed E-state index contributed by atoms with van der Waals surface area (Å²) in [6, 6.07) is 67.1. The molecular formula is C64H42Ba4N8O16. The molecule has 8 aromatic carbocycles. The van der Waals surface area contributed by atoms with Gasteiger partial charge in [0.25, 0.3) is 0 Å². The summed E-state index contributed by atoms with van der Waals surface area (Å²) in [5.41, 5.74) is 14.6. The monoisotopic (exact) mass is 1730 g/mol. The smallest absolute Gasteiger partial charge is 0.665 e. The van der Waals surface area contributed by atoms with Gasteiger partial charge in [0.15, 0.2) is 23.3 Å². The second kappa shape index (κ2) is 45.5. The van der Waals surface area contributed by atoms with Crippen molar-refractivity contribution in [2.45, 2.75) is 0 Å². The second-order valence-corrected chi connectivity index (χ2v) is 16.7. The Morgan fingerprint density at radius 1 is 0.239 bits per heavy atom. The van der Waals surface area contributed by atoms with Crippen molar-refractivity contribution in [3.8, 4) is 90.1 Å². The van der Waals surface area contributed by atoms with Crippen LogP contribution in [0, 0.1) is 0 Å². The number of nitrogens with one attached hydrogen (secondary N) is 2. The van der Waals surface area contributed by atoms with Gasteiger partial charge in [-0.3, -0.25) is 0 Å². The molecule has 0 saturated heterocycles. The fourth-order valence-electron chi connectivity index (χ4n) is 9.47. The number of hydrogen-bond acceptors (Lipinski definition) is 14. The Balaban J connectivity index is 0.00000133. The van der Waals surface area contributed by atoms with E-state index in [2.05, 4.69) is 168 Å². The maximum Gasteiger partial charge on any atom is 2.00 e. The van der Waals surface area contributed by atoms with Crippen molar-refractivity contribution in [3.05, 3.63) is 194 Å². The number of benzene rings is 8. The first kappa shape index (κ1) is 83.2. The fourth-order valence-corrected chi connectivity index (χ4v) is 9.47. The van der Waals surface area contributed by atoms with E-state index in [1.54, 1.807) is 0 Å². The molecule has 11 aromatic rings. The Morgan fingerprint density at radius 2 is 0.424 bits per heavy atom. The van der Waals surface area contributed by atoms with Crippen LogP contribution < -0.4 is 0 Å². The minimum absolute atomic E-state index is 0. The van der Waals surface area contributed by atoms with E-state index in [-0.39, 0.29) is 196 Å². The molecule has 8 bridgehead atoms. The van der Waals surface area contributed by atoms with Crippen molar-refractivity contribution in [2.75, 3.05) is 0 Å². The van der Waals surface area contributed by atoms with Gasteiger partial charge in [0.1, 0.15) is 22.6 Å². The van der Waals surface area contributed by atoms with Gasteiger partial charge in [-0.05, 0) is 33.4 Å². The number of hydrogen-bond donors (Lipinski definition) is 10. The Bertz CT molecular complexity index is 4030. The molecule has 24 nitrogen and oxygen atoms in total. The van der Waals surface area contributed by atoms with Crippen molar-refractivity contribution in [3.63, 3.8) is 0 Å². The Labute approximate surface area is 683 Å². The maximum absolute atomic E-state index is 8.24. The van der Waals surface area contributed by atoms with E-state index in [9.17, 15) is 0 Å². The molecular weight excluding hydrogens is 1690 g/mol. The van der Waals surface area contributed by atoms with Crippen LogP contribution in [-0.4, -0.2) is 328 Å². The molecule has 10 N–H and O–H groups in total. The standard InChI is InChI=1S/C56H34N8.8CHO2.4Ba/c1-5-19-33(20-6-1)43-44(34-21-7-2-8-22-34)46(36-25-11-4-12-26-36)48-47(45(43)35-23-9-3-10-24-35)55-62-53-41-31-17-15-29-39(41)51(60-53)58-49-37-27-13-14-28-38(37)50(57-49)59-52-40-30-16-18-32-42(40)54(61-52)63-56(48)64-55;8*2-1-3;;;;/h1-32H,(H2,57,58,59,60,61,62,63,64);8*(H,2,3);;;;/q;8*-1;4*+2. The van der Waals surface area contributed by atoms with Crippen LogP contribution in [0.5, 0.6) is 0 Å². The Kier molecular flexibility index (Phi) is 41.1. The van der Waals surface area contributed by atoms with Gasteiger partial charge in [-0.1, -0.05) is 246 Å². The molecule has 3 aromatic heterocycles. The molecule has 0 unspecified atom stereocenters. The number of aromatic nitrogens is 8. The quantitative estimate of drug-likeness (QED) is 0.0580. The molecule has 0 atom stereocenters. The fraction of sp³-hybridized carbons (Fsp3) is 0. The molecule has 5 heterocycles. The minimum Gasteiger partial charge on any atom is -0.665 e. The van der Waals surface area contributed by atoms with Crippen LogP contribution in [0.2, 0.25) is 0 Å². The van der Waals surface area contributed by atoms with Gasteiger partial charge >= 0.3 is 196 Å². The molecule has 2 aliphatic rings. The summed E-state index contributed by atoms with van der Waals surface area (Å²) < 4.78 is 0. The van der Waals surface area contributed by atoms with Gasteiger partial charge in [0.05, 0.1) is 0 Å². The van der Waals surface area contributed by atoms with E-state index < -0.39 is 0 Å². The third-order valence-corrected chi connectivity index (χ3v) is 12.2. The molecule has 0 fully saturated rings. The summed E-state index contributed by atoms with van der Waals surface area (Å²) in [7, 11) is 0. The zero-order chi connectivity index (χ0) is 63.8. The molecule has 13 rings (SSSR count). The number of aromatic amines is 2. The molecule has 92 heavy (non-hydrogen) atoms. The van der Waals surface area contributed by atoms with Crippen molar-refractivity contribution in [1.82, 2.24) is 39.9 Å². The van der Waals surface area contributed by atoms with E-state index in [0.717, 1.165) is 88.3 Å². The van der Waals surface area contributed by atoms with Crippen molar-refractivity contribution in [2.24, 2.45) is 0 Å². The molecule has 0 spiro atoms. The first-order valence-electron chi connectivity index (χ1n) is 24.7. The van der Waals surface area contributed by atoms with Crippen molar-refractivity contribution >= 4 is 291 Å². The van der Waals surface area contributed by atoms with Crippen LogP contribution in [0.3, 0.4) is 0 Å². The largest absolute Gasteiger partial charge is 2.00 e. The Hall–Kier alpha value is -6.83. The molecule has 0 amide bonds. The van der Waals surface area contributed by atoms with Crippen LogP contribution in [-0.2, 0) is 38.4 Å². The topological polar surface area (TPSA) is 407 Å². The van der Waals surface area contributed by atoms with Crippen LogP contribution in [0.15, 0.2) is 194 Å². The number of fused-ring (bicyclic) bond motifs is 20. The van der Waals surface area contributed by atoms with Gasteiger partial charge < -0.3 is 89.2 Å². The summed E-state index contributed by atoms with van der Waals surface area (Å²) in [5, 5.41) is 57.8. The number of aliphatic hydroxyl groups excluding tert-OH is 8. The van der Waals surface area contributed by atoms with Crippen LogP contribution in [0.1, 0.15) is 0 Å². The number of rotatable bonds is 4. The summed E-state index contributed by atoms with van der Waals surface area (Å²) >= 11 is 0. The van der Waals surface area contributed by atoms with E-state index in [4.69, 9.17) is 109 Å². The van der Waals surface area contributed by atoms with Gasteiger partial charge in [0.2, 0.25) is 0 Å². The molecule has 0 aliphatic carbocycles. The van der Waals surface area contributed by atoms with Gasteiger partial charge in [-0.25, -0.2) is 29.9 Å². The summed E-state index contributed by atoms with van der Waals surface area (Å²) in [4.78, 5) is 105. The zero-order valence-electron chi connectivity index (χ0n) is 47.8. The second-order valence-electron chi connectivity index (χ2n) is 16.7. The maximum atomic E-state index is 8.24. The average molecular weight is 1730 g/mol. The summed E-state index contributed by atoms with van der Waals surface area (Å²) in [6.07, 6.45) is 0. The third-order valence-electron chi connectivity index (χ3n) is 12.2. The summed E-state index contributed by atoms with van der Waals surface area (Å²) in [5.74, 6) is 2.21. The summed E-state index contributed by atoms with van der Waals surface area (Å²) in [6.45, 7) is 4.00. The van der Waals surface area contributed by atoms with Gasteiger partial charge in [-0.2, -0.15) is 0 Å². The predicted octanol–water partition coefficient (Wildman–Crippen LogP) is 8.91. The molecule has 2 aliphatic heterocycles. The number of nitrogens with zero attached hydrogens (tertiary/aromatic N) is 6. The van der Waals surface area contributed by atoms with E-state index in [1.165, 1.54) is 0 Å².